The van der Waals surface area contributed by atoms with Gasteiger partial charge in [-0.1, -0.05) is 6.07 Å². The molecule has 0 radical (unpaired) electrons. The fourth-order valence-electron chi connectivity index (χ4n) is 4.65. The average Bonchev–Trinajstić information content (AvgIpc) is 3.43. The largest absolute Gasteiger partial charge is 0.496 e. The van der Waals surface area contributed by atoms with Gasteiger partial charge < -0.3 is 20.7 Å². The van der Waals surface area contributed by atoms with Crippen molar-refractivity contribution in [3.63, 3.8) is 0 Å². The number of piperidine rings is 1. The number of ether oxygens (including phenoxy) is 1. The van der Waals surface area contributed by atoms with Gasteiger partial charge in [0.25, 0.3) is 0 Å². The van der Waals surface area contributed by atoms with Crippen LogP contribution in [0.2, 0.25) is 0 Å². The first-order valence-corrected chi connectivity index (χ1v) is 12.2. The maximum absolute atomic E-state index is 14.8. The van der Waals surface area contributed by atoms with E-state index in [9.17, 15) is 18.4 Å². The van der Waals surface area contributed by atoms with Gasteiger partial charge in [-0.15, -0.1) is 12.4 Å². The molecule has 13 heteroatoms. The third kappa shape index (κ3) is 5.80. The van der Waals surface area contributed by atoms with Crippen LogP contribution < -0.4 is 20.7 Å². The molecule has 3 N–H and O–H groups in total. The predicted octanol–water partition coefficient (Wildman–Crippen LogP) is 5.51. The molecule has 4 aromatic rings. The van der Waals surface area contributed by atoms with Gasteiger partial charge in [0, 0.05) is 54.4 Å². The van der Waals surface area contributed by atoms with E-state index < -0.39 is 12.4 Å². The van der Waals surface area contributed by atoms with Crippen LogP contribution >= 0.6 is 12.4 Å². The number of aromatic nitrogens is 4. The van der Waals surface area contributed by atoms with E-state index in [1.165, 1.54) is 37.7 Å². The van der Waals surface area contributed by atoms with E-state index in [1.807, 2.05) is 6.07 Å². The Morgan fingerprint density at radius 3 is 2.73 bits per heavy atom. The summed E-state index contributed by atoms with van der Waals surface area (Å²) in [5.41, 5.74) is 8.47. The molecular weight excluding hydrogens is 545 g/mol. The lowest BCUT2D eigenvalue weighted by atomic mass is 10.0. The lowest BCUT2D eigenvalue weighted by molar-refractivity contribution is 0.0566. The zero-order chi connectivity index (χ0) is 27.5. The van der Waals surface area contributed by atoms with Crippen LogP contribution in [-0.4, -0.2) is 46.0 Å². The Morgan fingerprint density at radius 1 is 1.20 bits per heavy atom. The normalized spacial score (nSPS) is 14.9. The Labute approximate surface area is 234 Å². The lowest BCUT2D eigenvalue weighted by Crippen LogP contribution is -2.43. The fraction of sp³-hybridized carbons (Fsp3) is 0.259. The van der Waals surface area contributed by atoms with Crippen molar-refractivity contribution in [2.24, 2.45) is 5.73 Å². The number of nitrogens with zero attached hydrogens (tertiary/aromatic N) is 6. The number of halogens is 4. The number of alkyl halides is 2. The van der Waals surface area contributed by atoms with Crippen LogP contribution in [0.15, 0.2) is 55.0 Å². The summed E-state index contributed by atoms with van der Waals surface area (Å²) in [7, 11) is 1.41. The second-order valence-corrected chi connectivity index (χ2v) is 9.07. The molecule has 0 aliphatic carbocycles. The number of hydrogen-bond acceptors (Lipinski definition) is 8. The minimum absolute atomic E-state index is 0. The maximum Gasteiger partial charge on any atom is 0.333 e. The van der Waals surface area contributed by atoms with Crippen molar-refractivity contribution in [3.05, 3.63) is 66.4 Å². The molecule has 1 atom stereocenters. The van der Waals surface area contributed by atoms with Crippen LogP contribution in [-0.2, 0) is 0 Å². The standard InChI is InChI=1S/C27H25F3N8O.ClH/c1-39-22-6-2-5-20(28)25(22)26-16(11-31)7-8-23(36-26)35-24-10-21(37-9-3-4-18(32)15-37)19(13-33-24)17-12-34-38(14-17)27(29)30;/h2,5-8,10,12-14,18,27H,3-4,9,15,32H2,1H3,(H,33,35,36);1H/t18-;/m0./s1. The monoisotopic (exact) mass is 570 g/mol. The second-order valence-electron chi connectivity index (χ2n) is 9.07. The van der Waals surface area contributed by atoms with Crippen molar-refractivity contribution < 1.29 is 17.9 Å². The minimum Gasteiger partial charge on any atom is -0.496 e. The number of benzene rings is 1. The SMILES string of the molecule is COc1cccc(F)c1-c1nc(Nc2cc(N3CCC[C@H](N)C3)c(-c3cnn(C(F)F)c3)cn2)ccc1C#N.Cl. The number of rotatable bonds is 7. The van der Waals surface area contributed by atoms with E-state index in [0.29, 0.717) is 34.0 Å². The van der Waals surface area contributed by atoms with Crippen LogP contribution in [0.3, 0.4) is 0 Å². The number of anilines is 3. The van der Waals surface area contributed by atoms with Gasteiger partial charge in [0.05, 0.1) is 30.1 Å². The summed E-state index contributed by atoms with van der Waals surface area (Å²) in [6.45, 7) is -1.44. The van der Waals surface area contributed by atoms with E-state index in [-0.39, 0.29) is 41.0 Å². The summed E-state index contributed by atoms with van der Waals surface area (Å²) >= 11 is 0. The quantitative estimate of drug-likeness (QED) is 0.298. The summed E-state index contributed by atoms with van der Waals surface area (Å²) < 4.78 is 47.1. The van der Waals surface area contributed by atoms with Gasteiger partial charge in [0.1, 0.15) is 29.3 Å². The Kier molecular flexibility index (Phi) is 8.77. The molecule has 0 unspecified atom stereocenters. The lowest BCUT2D eigenvalue weighted by Gasteiger charge is -2.34. The summed E-state index contributed by atoms with van der Waals surface area (Å²) in [5, 5.41) is 16.5. The Hall–Kier alpha value is -4.34. The number of methoxy groups -OCH3 is 1. The third-order valence-electron chi connectivity index (χ3n) is 6.50. The summed E-state index contributed by atoms with van der Waals surface area (Å²) in [6.07, 6.45) is 6.00. The van der Waals surface area contributed by atoms with Crippen molar-refractivity contribution in [3.8, 4) is 34.2 Å². The van der Waals surface area contributed by atoms with Crippen molar-refractivity contribution in [1.29, 1.82) is 5.26 Å². The maximum atomic E-state index is 14.8. The first kappa shape index (κ1) is 28.7. The molecule has 40 heavy (non-hydrogen) atoms. The van der Waals surface area contributed by atoms with Crippen molar-refractivity contribution in [1.82, 2.24) is 19.7 Å². The van der Waals surface area contributed by atoms with Gasteiger partial charge in [0.15, 0.2) is 0 Å². The van der Waals surface area contributed by atoms with E-state index in [4.69, 9.17) is 10.5 Å². The van der Waals surface area contributed by atoms with Gasteiger partial charge in [-0.3, -0.25) is 0 Å². The van der Waals surface area contributed by atoms with Gasteiger partial charge in [0.2, 0.25) is 0 Å². The molecule has 1 aliphatic heterocycles. The van der Waals surface area contributed by atoms with Gasteiger partial charge in [-0.25, -0.2) is 19.0 Å². The summed E-state index contributed by atoms with van der Waals surface area (Å²) in [6, 6.07) is 11.3. The average molecular weight is 571 g/mol. The van der Waals surface area contributed by atoms with Crippen LogP contribution in [0.25, 0.3) is 22.4 Å². The molecular formula is C27H26ClF3N8O. The molecule has 1 fully saturated rings. The van der Waals surface area contributed by atoms with Gasteiger partial charge >= 0.3 is 6.55 Å². The molecule has 0 bridgehead atoms. The van der Waals surface area contributed by atoms with E-state index in [0.717, 1.165) is 25.1 Å². The number of nitrogens with one attached hydrogen (secondary N) is 1. The third-order valence-corrected chi connectivity index (χ3v) is 6.50. The highest BCUT2D eigenvalue weighted by molar-refractivity contribution is 5.85. The highest BCUT2D eigenvalue weighted by atomic mass is 35.5. The van der Waals surface area contributed by atoms with Gasteiger partial charge in [-0.05, 0) is 37.1 Å². The molecule has 1 saturated heterocycles. The smallest absolute Gasteiger partial charge is 0.333 e. The van der Waals surface area contributed by atoms with E-state index >= 15 is 0 Å². The number of nitriles is 1. The Balaban J connectivity index is 0.00000370. The molecule has 0 spiro atoms. The van der Waals surface area contributed by atoms with Crippen molar-refractivity contribution in [2.75, 3.05) is 30.4 Å². The molecule has 1 aromatic carbocycles. The Morgan fingerprint density at radius 2 is 2.02 bits per heavy atom. The van der Waals surface area contributed by atoms with Crippen LogP contribution in [0.1, 0.15) is 25.0 Å². The highest BCUT2D eigenvalue weighted by Gasteiger charge is 2.23. The molecule has 9 nitrogen and oxygen atoms in total. The van der Waals surface area contributed by atoms with Crippen LogP contribution in [0.5, 0.6) is 5.75 Å². The van der Waals surface area contributed by atoms with Crippen LogP contribution in [0, 0.1) is 17.1 Å². The molecule has 0 amide bonds. The zero-order valence-corrected chi connectivity index (χ0v) is 22.2. The first-order valence-electron chi connectivity index (χ1n) is 12.2. The Bertz CT molecular complexity index is 1540. The molecule has 4 heterocycles. The summed E-state index contributed by atoms with van der Waals surface area (Å²) in [4.78, 5) is 11.1. The van der Waals surface area contributed by atoms with E-state index in [1.54, 1.807) is 24.4 Å². The first-order chi connectivity index (χ1) is 18.9. The van der Waals surface area contributed by atoms with Crippen molar-refractivity contribution >= 4 is 29.7 Å². The topological polar surface area (TPSA) is 118 Å². The zero-order valence-electron chi connectivity index (χ0n) is 21.4. The second kappa shape index (κ2) is 12.2. The van der Waals surface area contributed by atoms with Crippen molar-refractivity contribution in [2.45, 2.75) is 25.4 Å². The highest BCUT2D eigenvalue weighted by Crippen LogP contribution is 2.36. The number of nitrogens with two attached hydrogens (primary N) is 1. The molecule has 5 rings (SSSR count). The molecule has 1 aliphatic rings. The minimum atomic E-state index is -2.76. The number of hydrogen-bond donors (Lipinski definition) is 2. The molecule has 208 valence electrons. The van der Waals surface area contributed by atoms with Crippen LogP contribution in [0.4, 0.5) is 30.5 Å². The fourth-order valence-corrected chi connectivity index (χ4v) is 4.65. The van der Waals surface area contributed by atoms with Gasteiger partial charge in [-0.2, -0.15) is 19.1 Å². The molecule has 0 saturated carbocycles. The summed E-state index contributed by atoms with van der Waals surface area (Å²) in [5.74, 6) is 0.400. The predicted molar refractivity (Wildman–Crippen MR) is 148 cm³/mol. The van der Waals surface area contributed by atoms with E-state index in [2.05, 4.69) is 25.3 Å². The molecule has 3 aromatic heterocycles. The number of pyridine rings is 2.